The number of benzene rings is 2. The number of nitrogens with zero attached hydrogens (tertiary/aromatic N) is 6. The number of hydrogen-bond donors (Lipinski definition) is 1. The van der Waals surface area contributed by atoms with Gasteiger partial charge in [-0.05, 0) is 23.8 Å². The van der Waals surface area contributed by atoms with Gasteiger partial charge in [0, 0.05) is 51.1 Å². The lowest BCUT2D eigenvalue weighted by Gasteiger charge is -2.34. The summed E-state index contributed by atoms with van der Waals surface area (Å²) in [5.41, 5.74) is 2.44. The summed E-state index contributed by atoms with van der Waals surface area (Å²) in [5.74, 6) is -0.792. The Morgan fingerprint density at radius 1 is 1.09 bits per heavy atom. The quantitative estimate of drug-likeness (QED) is 0.513. The maximum absolute atomic E-state index is 15.3. The maximum atomic E-state index is 15.3. The van der Waals surface area contributed by atoms with E-state index in [-0.39, 0.29) is 18.3 Å². The molecule has 2 aromatic carbocycles. The zero-order valence-corrected chi connectivity index (χ0v) is 18.3. The number of aliphatic carboxylic acids is 1. The zero-order chi connectivity index (χ0) is 23.3. The molecule has 3 heterocycles. The predicted octanol–water partition coefficient (Wildman–Crippen LogP) is 2.48. The van der Waals surface area contributed by atoms with E-state index in [1.54, 1.807) is 47.9 Å². The van der Waals surface area contributed by atoms with E-state index in [9.17, 15) is 14.7 Å². The lowest BCUT2D eigenvalue weighted by atomic mass is 9.99. The largest absolute Gasteiger partial charge is 0.480 e. The normalized spacial score (nSPS) is 14.4. The Hall–Kier alpha value is -3.95. The number of carboxylic acid groups (broad SMARTS) is 1. The number of carboxylic acids is 1. The highest BCUT2D eigenvalue weighted by molar-refractivity contribution is 6.04. The van der Waals surface area contributed by atoms with Crippen LogP contribution in [0.5, 0.6) is 0 Å². The highest BCUT2D eigenvalue weighted by atomic mass is 19.1. The minimum Gasteiger partial charge on any atom is -0.480 e. The summed E-state index contributed by atoms with van der Waals surface area (Å²) in [6.07, 6.45) is 1.62. The Morgan fingerprint density at radius 2 is 1.85 bits per heavy atom. The van der Waals surface area contributed by atoms with Gasteiger partial charge in [-0.1, -0.05) is 12.1 Å². The second kappa shape index (κ2) is 7.88. The minimum atomic E-state index is -1.01. The molecule has 0 spiro atoms. The fourth-order valence-corrected chi connectivity index (χ4v) is 4.51. The van der Waals surface area contributed by atoms with E-state index in [0.717, 1.165) is 5.52 Å². The Balaban J connectivity index is 1.70. The van der Waals surface area contributed by atoms with Gasteiger partial charge in [0.05, 0.1) is 22.6 Å². The number of rotatable bonds is 4. The smallest absolute Gasteiger partial charge is 0.325 e. The second-order valence-corrected chi connectivity index (χ2v) is 8.23. The monoisotopic (exact) mass is 450 g/mol. The molecule has 1 fully saturated rings. The number of hydrogen-bond acceptors (Lipinski definition) is 5. The molecule has 1 amide bonds. The molecule has 0 unspecified atom stereocenters. The number of carbonyl (C=O) groups is 2. The van der Waals surface area contributed by atoms with Gasteiger partial charge >= 0.3 is 5.97 Å². The molecular weight excluding hydrogens is 427 g/mol. The summed E-state index contributed by atoms with van der Waals surface area (Å²) in [6.45, 7) is 3.42. The van der Waals surface area contributed by atoms with Crippen molar-refractivity contribution in [3.8, 4) is 11.1 Å². The van der Waals surface area contributed by atoms with Crippen LogP contribution in [0.1, 0.15) is 6.92 Å². The van der Waals surface area contributed by atoms with Crippen molar-refractivity contribution >= 4 is 39.5 Å². The number of aryl methyl sites for hydroxylation is 1. The van der Waals surface area contributed by atoms with Crippen LogP contribution in [0.4, 0.5) is 10.2 Å². The third kappa shape index (κ3) is 3.57. The highest BCUT2D eigenvalue weighted by Crippen LogP contribution is 2.38. The molecule has 5 rings (SSSR count). The van der Waals surface area contributed by atoms with Crippen molar-refractivity contribution in [3.63, 3.8) is 0 Å². The van der Waals surface area contributed by atoms with Gasteiger partial charge in [0.1, 0.15) is 12.4 Å². The first-order chi connectivity index (χ1) is 15.8. The Labute approximate surface area is 188 Å². The van der Waals surface area contributed by atoms with E-state index in [1.807, 2.05) is 11.0 Å². The van der Waals surface area contributed by atoms with Gasteiger partial charge in [-0.15, -0.1) is 0 Å². The second-order valence-electron chi connectivity index (χ2n) is 8.23. The Morgan fingerprint density at radius 3 is 2.55 bits per heavy atom. The lowest BCUT2D eigenvalue weighted by Crippen LogP contribution is -2.48. The summed E-state index contributed by atoms with van der Waals surface area (Å²) in [7, 11) is 1.80. The van der Waals surface area contributed by atoms with Crippen molar-refractivity contribution in [1.82, 2.24) is 24.5 Å². The van der Waals surface area contributed by atoms with Crippen LogP contribution in [0.15, 0.2) is 36.5 Å². The summed E-state index contributed by atoms with van der Waals surface area (Å²) < 4.78 is 18.4. The molecule has 2 aromatic heterocycles. The van der Waals surface area contributed by atoms with Crippen LogP contribution < -0.4 is 4.90 Å². The van der Waals surface area contributed by atoms with Crippen LogP contribution in [-0.4, -0.2) is 67.6 Å². The summed E-state index contributed by atoms with van der Waals surface area (Å²) in [4.78, 5) is 27.0. The molecule has 1 aliphatic rings. The fourth-order valence-electron chi connectivity index (χ4n) is 4.51. The van der Waals surface area contributed by atoms with Crippen LogP contribution in [0.25, 0.3) is 32.9 Å². The standard InChI is InChI=1S/C23H23FN6O3/c1-14(31)28-6-8-29(9-7-28)23-22-16(4-3-5-19(22)30(26-23)13-21(32)33)17-11-20-15(10-18(17)24)12-25-27(20)2/h3-5,10-12H,6-9,13H2,1-2H3,(H,32,33). The fraction of sp³-hybridized carbons (Fsp3) is 0.304. The van der Waals surface area contributed by atoms with Crippen LogP contribution >= 0.6 is 0 Å². The highest BCUT2D eigenvalue weighted by Gasteiger charge is 2.26. The van der Waals surface area contributed by atoms with Gasteiger partial charge in [-0.25, -0.2) is 4.39 Å². The first-order valence-corrected chi connectivity index (χ1v) is 10.7. The van der Waals surface area contributed by atoms with E-state index >= 15 is 4.39 Å². The molecule has 0 saturated carbocycles. The summed E-state index contributed by atoms with van der Waals surface area (Å²) in [5, 5.41) is 19.6. The van der Waals surface area contributed by atoms with E-state index in [1.165, 1.54) is 10.7 Å². The lowest BCUT2D eigenvalue weighted by molar-refractivity contribution is -0.137. The minimum absolute atomic E-state index is 0.0168. The molecule has 9 nitrogen and oxygen atoms in total. The van der Waals surface area contributed by atoms with Crippen LogP contribution in [-0.2, 0) is 23.2 Å². The number of aromatic nitrogens is 4. The van der Waals surface area contributed by atoms with E-state index < -0.39 is 5.97 Å². The number of amides is 1. The number of anilines is 1. The molecule has 4 aromatic rings. The Kier molecular flexibility index (Phi) is 4.99. The first kappa shape index (κ1) is 20.9. The van der Waals surface area contributed by atoms with Crippen LogP contribution in [0.2, 0.25) is 0 Å². The van der Waals surface area contributed by atoms with Gasteiger partial charge in [0.15, 0.2) is 5.82 Å². The third-order valence-electron chi connectivity index (χ3n) is 6.19. The molecule has 170 valence electrons. The number of halogens is 1. The predicted molar refractivity (Wildman–Crippen MR) is 122 cm³/mol. The van der Waals surface area contributed by atoms with Crippen molar-refractivity contribution < 1.29 is 19.1 Å². The number of carbonyl (C=O) groups excluding carboxylic acids is 1. The molecule has 10 heteroatoms. The zero-order valence-electron chi connectivity index (χ0n) is 18.3. The van der Waals surface area contributed by atoms with Crippen LogP contribution in [0, 0.1) is 5.82 Å². The number of fused-ring (bicyclic) bond motifs is 2. The SMILES string of the molecule is CC(=O)N1CCN(c2nn(CC(=O)O)c3cccc(-c4cc5c(cnn5C)cc4F)c23)CC1. The molecule has 33 heavy (non-hydrogen) atoms. The van der Waals surface area contributed by atoms with E-state index in [0.29, 0.717) is 59.4 Å². The first-order valence-electron chi connectivity index (χ1n) is 10.7. The molecular formula is C23H23FN6O3. The molecule has 0 radical (unpaired) electrons. The maximum Gasteiger partial charge on any atom is 0.325 e. The van der Waals surface area contributed by atoms with E-state index in [4.69, 9.17) is 0 Å². The molecule has 1 aliphatic heterocycles. The molecule has 0 bridgehead atoms. The van der Waals surface area contributed by atoms with E-state index in [2.05, 4.69) is 10.2 Å². The van der Waals surface area contributed by atoms with Crippen molar-refractivity contribution in [3.05, 3.63) is 42.3 Å². The molecule has 1 saturated heterocycles. The van der Waals surface area contributed by atoms with Gasteiger partial charge in [0.25, 0.3) is 0 Å². The molecule has 0 aliphatic carbocycles. The van der Waals surface area contributed by atoms with Gasteiger partial charge in [-0.2, -0.15) is 10.2 Å². The number of piperazine rings is 1. The summed E-state index contributed by atoms with van der Waals surface area (Å²) >= 11 is 0. The van der Waals surface area contributed by atoms with Crippen molar-refractivity contribution in [2.24, 2.45) is 7.05 Å². The molecule has 0 atom stereocenters. The summed E-state index contributed by atoms with van der Waals surface area (Å²) in [6, 6.07) is 8.62. The van der Waals surface area contributed by atoms with Crippen molar-refractivity contribution in [1.29, 1.82) is 0 Å². The van der Waals surface area contributed by atoms with Crippen molar-refractivity contribution in [2.75, 3.05) is 31.1 Å². The topological polar surface area (TPSA) is 96.5 Å². The van der Waals surface area contributed by atoms with Gasteiger partial charge < -0.3 is 14.9 Å². The Bertz CT molecular complexity index is 1400. The molecule has 1 N–H and O–H groups in total. The average molecular weight is 450 g/mol. The average Bonchev–Trinajstić information content (AvgIpc) is 3.33. The third-order valence-corrected chi connectivity index (χ3v) is 6.19. The van der Waals surface area contributed by atoms with Crippen LogP contribution in [0.3, 0.4) is 0 Å². The van der Waals surface area contributed by atoms with Gasteiger partial charge in [0.2, 0.25) is 5.91 Å². The van der Waals surface area contributed by atoms with Gasteiger partial charge in [-0.3, -0.25) is 19.0 Å². The van der Waals surface area contributed by atoms with Crippen molar-refractivity contribution in [2.45, 2.75) is 13.5 Å².